The molecule has 0 saturated carbocycles. The van der Waals surface area contributed by atoms with Gasteiger partial charge in [-0.05, 0) is 38.0 Å². The van der Waals surface area contributed by atoms with Crippen LogP contribution in [-0.4, -0.2) is 29.8 Å². The lowest BCUT2D eigenvalue weighted by Crippen LogP contribution is -2.48. The molecule has 0 aliphatic carbocycles. The zero-order valence-corrected chi connectivity index (χ0v) is 14.0. The summed E-state index contributed by atoms with van der Waals surface area (Å²) in [6, 6.07) is 7.04. The first-order valence-electron chi connectivity index (χ1n) is 7.26. The molecule has 0 bridgehead atoms. The number of carbonyl (C=O) groups is 3. The van der Waals surface area contributed by atoms with Gasteiger partial charge in [0, 0.05) is 24.1 Å². The van der Waals surface area contributed by atoms with E-state index in [2.05, 4.69) is 10.6 Å². The summed E-state index contributed by atoms with van der Waals surface area (Å²) in [4.78, 5) is 34.8. The van der Waals surface area contributed by atoms with Gasteiger partial charge in [-0.1, -0.05) is 12.1 Å². The van der Waals surface area contributed by atoms with Crippen molar-refractivity contribution < 1.29 is 14.4 Å². The Balaban J connectivity index is 0.00000264. The minimum absolute atomic E-state index is 0. The fourth-order valence-corrected chi connectivity index (χ4v) is 2.28. The number of imide groups is 1. The molecule has 0 radical (unpaired) electrons. The van der Waals surface area contributed by atoms with Gasteiger partial charge < -0.3 is 11.1 Å². The number of nitrogens with two attached hydrogens (primary N) is 1. The zero-order chi connectivity index (χ0) is 16.3. The van der Waals surface area contributed by atoms with Gasteiger partial charge in [-0.25, -0.2) is 0 Å². The summed E-state index contributed by atoms with van der Waals surface area (Å²) in [6.45, 7) is 4.06. The molecule has 126 valence electrons. The van der Waals surface area contributed by atoms with Crippen molar-refractivity contribution in [2.24, 2.45) is 11.7 Å². The van der Waals surface area contributed by atoms with Crippen LogP contribution in [0.5, 0.6) is 0 Å². The average Bonchev–Trinajstić information content (AvgIpc) is 2.77. The molecule has 1 aromatic rings. The molecule has 23 heavy (non-hydrogen) atoms. The van der Waals surface area contributed by atoms with E-state index in [0.29, 0.717) is 18.5 Å². The number of carbonyl (C=O) groups excluding carboxylic acids is 3. The van der Waals surface area contributed by atoms with Crippen LogP contribution in [0.1, 0.15) is 36.2 Å². The van der Waals surface area contributed by atoms with E-state index in [1.54, 1.807) is 24.3 Å². The molecule has 7 heteroatoms. The van der Waals surface area contributed by atoms with Gasteiger partial charge >= 0.3 is 0 Å². The van der Waals surface area contributed by atoms with Gasteiger partial charge in [0.25, 0.3) is 5.91 Å². The summed E-state index contributed by atoms with van der Waals surface area (Å²) < 4.78 is 0. The fraction of sp³-hybridized carbons (Fsp3) is 0.438. The number of benzene rings is 1. The maximum Gasteiger partial charge on any atom is 0.251 e. The van der Waals surface area contributed by atoms with Gasteiger partial charge in [0.15, 0.2) is 0 Å². The maximum absolute atomic E-state index is 12.1. The molecule has 1 aromatic carbocycles. The van der Waals surface area contributed by atoms with E-state index in [0.717, 1.165) is 5.56 Å². The molecule has 1 fully saturated rings. The van der Waals surface area contributed by atoms with Crippen LogP contribution in [0.3, 0.4) is 0 Å². The van der Waals surface area contributed by atoms with Gasteiger partial charge in [0.1, 0.15) is 0 Å². The third-order valence-electron chi connectivity index (χ3n) is 3.73. The van der Waals surface area contributed by atoms with Gasteiger partial charge in [0.2, 0.25) is 11.8 Å². The van der Waals surface area contributed by atoms with Crippen molar-refractivity contribution in [1.29, 1.82) is 0 Å². The predicted molar refractivity (Wildman–Crippen MR) is 89.3 cm³/mol. The van der Waals surface area contributed by atoms with E-state index < -0.39 is 5.54 Å². The standard InChI is InChI=1S/C16H21N3O3.ClH/c1-16(2,9-17)19-15(22)11-5-3-10(4-6-11)7-12-8-13(20)18-14(12)21;/h3-6,12H,7-9,17H2,1-2H3,(H,19,22)(H,18,20,21);1H. The number of halogens is 1. The van der Waals surface area contributed by atoms with Gasteiger partial charge in [-0.3, -0.25) is 19.7 Å². The SMILES string of the molecule is CC(C)(CN)NC(=O)c1ccc(CC2CC(=O)NC2=O)cc1.Cl. The van der Waals surface area contributed by atoms with E-state index in [4.69, 9.17) is 5.73 Å². The Morgan fingerprint density at radius 1 is 1.30 bits per heavy atom. The monoisotopic (exact) mass is 339 g/mol. The highest BCUT2D eigenvalue weighted by Crippen LogP contribution is 2.18. The lowest BCUT2D eigenvalue weighted by atomic mass is 9.97. The Hall–Kier alpha value is -1.92. The number of rotatable bonds is 5. The van der Waals surface area contributed by atoms with Crippen LogP contribution in [0.15, 0.2) is 24.3 Å². The molecule has 1 aliphatic heterocycles. The molecule has 2 rings (SSSR count). The summed E-state index contributed by atoms with van der Waals surface area (Å²) >= 11 is 0. The third-order valence-corrected chi connectivity index (χ3v) is 3.73. The molecule has 6 nitrogen and oxygen atoms in total. The Labute approximate surface area is 141 Å². The average molecular weight is 340 g/mol. The van der Waals surface area contributed by atoms with E-state index in [9.17, 15) is 14.4 Å². The maximum atomic E-state index is 12.1. The van der Waals surface area contributed by atoms with Crippen molar-refractivity contribution >= 4 is 30.1 Å². The lowest BCUT2D eigenvalue weighted by Gasteiger charge is -2.24. The topological polar surface area (TPSA) is 101 Å². The quantitative estimate of drug-likeness (QED) is 0.690. The van der Waals surface area contributed by atoms with Crippen molar-refractivity contribution in [2.45, 2.75) is 32.2 Å². The smallest absolute Gasteiger partial charge is 0.251 e. The van der Waals surface area contributed by atoms with Crippen molar-refractivity contribution in [3.8, 4) is 0 Å². The molecule has 1 heterocycles. The molecule has 1 atom stereocenters. The van der Waals surface area contributed by atoms with Crippen LogP contribution < -0.4 is 16.4 Å². The Kier molecular flexibility index (Phi) is 6.29. The summed E-state index contributed by atoms with van der Waals surface area (Å²) in [5.74, 6) is -0.953. The van der Waals surface area contributed by atoms with Crippen LogP contribution in [-0.2, 0) is 16.0 Å². The zero-order valence-electron chi connectivity index (χ0n) is 13.2. The Morgan fingerprint density at radius 2 is 1.91 bits per heavy atom. The van der Waals surface area contributed by atoms with Crippen molar-refractivity contribution in [1.82, 2.24) is 10.6 Å². The second-order valence-electron chi connectivity index (χ2n) is 6.26. The Bertz CT molecular complexity index is 599. The molecule has 3 amide bonds. The number of hydrogen-bond acceptors (Lipinski definition) is 4. The molecule has 4 N–H and O–H groups in total. The van der Waals surface area contributed by atoms with Crippen LogP contribution >= 0.6 is 12.4 Å². The summed E-state index contributed by atoms with van der Waals surface area (Å²) in [5, 5.41) is 5.15. The molecular formula is C16H22ClN3O3. The highest BCUT2D eigenvalue weighted by molar-refractivity contribution is 6.03. The van der Waals surface area contributed by atoms with Crippen LogP contribution in [0.25, 0.3) is 0 Å². The first-order valence-corrected chi connectivity index (χ1v) is 7.26. The first kappa shape index (κ1) is 19.1. The van der Waals surface area contributed by atoms with E-state index in [-0.39, 0.29) is 42.5 Å². The molecule has 1 unspecified atom stereocenters. The molecule has 1 saturated heterocycles. The summed E-state index contributed by atoms with van der Waals surface area (Å²) in [6.07, 6.45) is 0.722. The van der Waals surface area contributed by atoms with Crippen LogP contribution in [0.4, 0.5) is 0 Å². The van der Waals surface area contributed by atoms with Crippen LogP contribution in [0.2, 0.25) is 0 Å². The minimum atomic E-state index is -0.460. The molecule has 1 aliphatic rings. The van der Waals surface area contributed by atoms with Crippen molar-refractivity contribution in [3.05, 3.63) is 35.4 Å². The highest BCUT2D eigenvalue weighted by atomic mass is 35.5. The highest BCUT2D eigenvalue weighted by Gasteiger charge is 2.30. The fourth-order valence-electron chi connectivity index (χ4n) is 2.28. The number of nitrogens with one attached hydrogen (secondary N) is 2. The van der Waals surface area contributed by atoms with Gasteiger partial charge in [-0.15, -0.1) is 12.4 Å². The van der Waals surface area contributed by atoms with Crippen molar-refractivity contribution in [2.75, 3.05) is 6.54 Å². The van der Waals surface area contributed by atoms with E-state index in [1.165, 1.54) is 0 Å². The van der Waals surface area contributed by atoms with Gasteiger partial charge in [0.05, 0.1) is 5.92 Å². The molecule has 0 aromatic heterocycles. The molecule has 0 spiro atoms. The minimum Gasteiger partial charge on any atom is -0.346 e. The van der Waals surface area contributed by atoms with Crippen LogP contribution in [0, 0.1) is 5.92 Å². The second-order valence-corrected chi connectivity index (χ2v) is 6.26. The normalized spacial score (nSPS) is 17.4. The summed E-state index contributed by atoms with van der Waals surface area (Å²) in [7, 11) is 0. The van der Waals surface area contributed by atoms with Gasteiger partial charge in [-0.2, -0.15) is 0 Å². The number of hydrogen-bond donors (Lipinski definition) is 3. The lowest BCUT2D eigenvalue weighted by molar-refractivity contribution is -0.125. The van der Waals surface area contributed by atoms with E-state index >= 15 is 0 Å². The van der Waals surface area contributed by atoms with Crippen molar-refractivity contribution in [3.63, 3.8) is 0 Å². The Morgan fingerprint density at radius 3 is 2.39 bits per heavy atom. The number of amides is 3. The molecular weight excluding hydrogens is 318 g/mol. The second kappa shape index (κ2) is 7.57. The third kappa shape index (κ3) is 5.04. The van der Waals surface area contributed by atoms with E-state index in [1.807, 2.05) is 13.8 Å². The summed E-state index contributed by atoms with van der Waals surface area (Å²) in [5.41, 5.74) is 6.59. The largest absolute Gasteiger partial charge is 0.346 e. The predicted octanol–water partition coefficient (Wildman–Crippen LogP) is 0.781. The first-order chi connectivity index (χ1) is 10.3.